The molecule has 0 aliphatic carbocycles. The number of carbonyl (C=O) groups excluding carboxylic acids is 1. The predicted octanol–water partition coefficient (Wildman–Crippen LogP) is 1.89. The maximum absolute atomic E-state index is 11.9. The lowest BCUT2D eigenvalue weighted by Crippen LogP contribution is -2.52. The Hall–Kier alpha value is -1.30. The van der Waals surface area contributed by atoms with E-state index < -0.39 is 18.0 Å². The molecule has 1 unspecified atom stereocenters. The Labute approximate surface area is 120 Å². The number of hydrogen-bond acceptors (Lipinski definition) is 3. The summed E-state index contributed by atoms with van der Waals surface area (Å²) < 4.78 is 5.58. The molecule has 0 aromatic rings. The van der Waals surface area contributed by atoms with Gasteiger partial charge in [0.15, 0.2) is 0 Å². The average Bonchev–Trinajstić information content (AvgIpc) is 2.32. The van der Waals surface area contributed by atoms with Gasteiger partial charge in [-0.3, -0.25) is 0 Å². The summed E-state index contributed by atoms with van der Waals surface area (Å²) in [5.41, 5.74) is -0.245. The summed E-state index contributed by atoms with van der Waals surface area (Å²) in [5, 5.41) is 14.5. The number of hydrogen-bond donors (Lipinski definition) is 3. The molecule has 0 aromatic heterocycles. The number of unbranched alkanes of at least 4 members (excludes halogenated alkanes) is 1. The van der Waals surface area contributed by atoms with Gasteiger partial charge in [-0.25, -0.2) is 9.59 Å². The molecule has 6 nitrogen and oxygen atoms in total. The highest BCUT2D eigenvalue weighted by molar-refractivity contribution is 5.82. The van der Waals surface area contributed by atoms with Crippen molar-refractivity contribution in [3.63, 3.8) is 0 Å². The fourth-order valence-electron chi connectivity index (χ4n) is 2.41. The van der Waals surface area contributed by atoms with E-state index in [0.29, 0.717) is 13.0 Å². The molecular weight excluding hydrogens is 260 g/mol. The molecule has 1 saturated heterocycles. The van der Waals surface area contributed by atoms with Gasteiger partial charge in [-0.1, -0.05) is 19.8 Å². The summed E-state index contributed by atoms with van der Waals surface area (Å²) in [7, 11) is 0. The number of carbonyl (C=O) groups is 2. The minimum atomic E-state index is -0.985. The molecule has 1 heterocycles. The fraction of sp³-hybridized carbons (Fsp3) is 0.857. The van der Waals surface area contributed by atoms with Gasteiger partial charge in [0.25, 0.3) is 0 Å². The summed E-state index contributed by atoms with van der Waals surface area (Å²) in [6.45, 7) is 6.57. The van der Waals surface area contributed by atoms with Crippen LogP contribution in [-0.4, -0.2) is 41.4 Å². The predicted molar refractivity (Wildman–Crippen MR) is 75.7 cm³/mol. The molecule has 3 N–H and O–H groups in total. The number of carboxylic acid groups (broad SMARTS) is 1. The quantitative estimate of drug-likeness (QED) is 0.695. The van der Waals surface area contributed by atoms with Crippen molar-refractivity contribution in [1.82, 2.24) is 10.6 Å². The summed E-state index contributed by atoms with van der Waals surface area (Å²) in [4.78, 5) is 22.9. The SMILES string of the molecule is CCCC[C@H](NC(=O)NC1CCOC(C)(C)C1)C(=O)O. The zero-order valence-corrected chi connectivity index (χ0v) is 12.6. The Morgan fingerprint density at radius 2 is 2.15 bits per heavy atom. The zero-order chi connectivity index (χ0) is 15.2. The molecule has 20 heavy (non-hydrogen) atoms. The first kappa shape index (κ1) is 16.8. The average molecular weight is 286 g/mol. The van der Waals surface area contributed by atoms with E-state index in [1.54, 1.807) is 0 Å². The van der Waals surface area contributed by atoms with Crippen LogP contribution in [0.2, 0.25) is 0 Å². The van der Waals surface area contributed by atoms with E-state index in [4.69, 9.17) is 9.84 Å². The standard InChI is InChI=1S/C14H26N2O4/c1-4-5-6-11(12(17)18)16-13(19)15-10-7-8-20-14(2,3)9-10/h10-11H,4-9H2,1-3H3,(H,17,18)(H2,15,16,19)/t10?,11-/m0/s1. The molecule has 0 saturated carbocycles. The van der Waals surface area contributed by atoms with Gasteiger partial charge in [-0.2, -0.15) is 0 Å². The van der Waals surface area contributed by atoms with Crippen LogP contribution in [-0.2, 0) is 9.53 Å². The van der Waals surface area contributed by atoms with Gasteiger partial charge in [0.1, 0.15) is 6.04 Å². The Balaban J connectivity index is 2.43. The van der Waals surface area contributed by atoms with E-state index >= 15 is 0 Å². The Bertz CT molecular complexity index is 344. The van der Waals surface area contributed by atoms with Crippen LogP contribution < -0.4 is 10.6 Å². The Morgan fingerprint density at radius 1 is 1.45 bits per heavy atom. The molecule has 0 spiro atoms. The molecule has 0 bridgehead atoms. The normalized spacial score (nSPS) is 22.9. The van der Waals surface area contributed by atoms with Crippen LogP contribution in [0.25, 0.3) is 0 Å². The second kappa shape index (κ2) is 7.47. The van der Waals surface area contributed by atoms with Crippen LogP contribution >= 0.6 is 0 Å². The van der Waals surface area contributed by atoms with Crippen LogP contribution in [0.5, 0.6) is 0 Å². The van der Waals surface area contributed by atoms with Crippen LogP contribution in [0.1, 0.15) is 52.9 Å². The Kier molecular flexibility index (Phi) is 6.26. The third-order valence-corrected chi connectivity index (χ3v) is 3.48. The van der Waals surface area contributed by atoms with Gasteiger partial charge in [0.05, 0.1) is 5.60 Å². The van der Waals surface area contributed by atoms with Crippen molar-refractivity contribution in [1.29, 1.82) is 0 Å². The first-order valence-corrected chi connectivity index (χ1v) is 7.28. The van der Waals surface area contributed by atoms with Crippen molar-refractivity contribution >= 4 is 12.0 Å². The van der Waals surface area contributed by atoms with Gasteiger partial charge >= 0.3 is 12.0 Å². The molecule has 1 aliphatic rings. The van der Waals surface area contributed by atoms with Crippen LogP contribution in [0, 0.1) is 0 Å². The topological polar surface area (TPSA) is 87.7 Å². The third-order valence-electron chi connectivity index (χ3n) is 3.48. The van der Waals surface area contributed by atoms with E-state index in [9.17, 15) is 9.59 Å². The maximum atomic E-state index is 11.9. The summed E-state index contributed by atoms with van der Waals surface area (Å²) in [6.07, 6.45) is 3.62. The number of aliphatic carboxylic acids is 1. The van der Waals surface area contributed by atoms with Gasteiger partial charge in [0, 0.05) is 12.6 Å². The van der Waals surface area contributed by atoms with Crippen LogP contribution in [0.4, 0.5) is 4.79 Å². The summed E-state index contributed by atoms with van der Waals surface area (Å²) in [6, 6.07) is -1.20. The molecular formula is C14H26N2O4. The smallest absolute Gasteiger partial charge is 0.326 e. The Morgan fingerprint density at radius 3 is 2.70 bits per heavy atom. The minimum Gasteiger partial charge on any atom is -0.480 e. The second-order valence-corrected chi connectivity index (χ2v) is 5.95. The van der Waals surface area contributed by atoms with Gasteiger partial charge < -0.3 is 20.5 Å². The lowest BCUT2D eigenvalue weighted by Gasteiger charge is -2.35. The van der Waals surface area contributed by atoms with Crippen molar-refractivity contribution < 1.29 is 19.4 Å². The highest BCUT2D eigenvalue weighted by Crippen LogP contribution is 2.23. The molecule has 2 amide bonds. The molecule has 0 aromatic carbocycles. The van der Waals surface area contributed by atoms with Crippen molar-refractivity contribution in [3.05, 3.63) is 0 Å². The monoisotopic (exact) mass is 286 g/mol. The van der Waals surface area contributed by atoms with E-state index in [2.05, 4.69) is 10.6 Å². The van der Waals surface area contributed by atoms with Gasteiger partial charge in [0.2, 0.25) is 0 Å². The van der Waals surface area contributed by atoms with Crippen molar-refractivity contribution in [2.45, 2.75) is 70.6 Å². The lowest BCUT2D eigenvalue weighted by atomic mass is 9.94. The fourth-order valence-corrected chi connectivity index (χ4v) is 2.41. The van der Waals surface area contributed by atoms with E-state index in [-0.39, 0.29) is 11.6 Å². The van der Waals surface area contributed by atoms with Crippen molar-refractivity contribution in [3.8, 4) is 0 Å². The first-order valence-electron chi connectivity index (χ1n) is 7.28. The van der Waals surface area contributed by atoms with E-state index in [1.165, 1.54) is 0 Å². The second-order valence-electron chi connectivity index (χ2n) is 5.95. The van der Waals surface area contributed by atoms with Crippen molar-refractivity contribution in [2.24, 2.45) is 0 Å². The number of ether oxygens (including phenoxy) is 1. The van der Waals surface area contributed by atoms with Gasteiger partial charge in [-0.15, -0.1) is 0 Å². The summed E-state index contributed by atoms with van der Waals surface area (Å²) >= 11 is 0. The number of rotatable bonds is 6. The minimum absolute atomic E-state index is 0.0272. The summed E-state index contributed by atoms with van der Waals surface area (Å²) in [5.74, 6) is -0.985. The number of urea groups is 1. The van der Waals surface area contributed by atoms with E-state index in [0.717, 1.165) is 25.7 Å². The van der Waals surface area contributed by atoms with Crippen LogP contribution in [0.15, 0.2) is 0 Å². The lowest BCUT2D eigenvalue weighted by molar-refractivity contribution is -0.139. The van der Waals surface area contributed by atoms with Crippen LogP contribution in [0.3, 0.4) is 0 Å². The molecule has 2 atom stereocenters. The van der Waals surface area contributed by atoms with Gasteiger partial charge in [-0.05, 0) is 33.1 Å². The largest absolute Gasteiger partial charge is 0.480 e. The number of amides is 2. The molecule has 116 valence electrons. The zero-order valence-electron chi connectivity index (χ0n) is 12.6. The highest BCUT2D eigenvalue weighted by Gasteiger charge is 2.30. The molecule has 0 radical (unpaired) electrons. The highest BCUT2D eigenvalue weighted by atomic mass is 16.5. The van der Waals surface area contributed by atoms with E-state index in [1.807, 2.05) is 20.8 Å². The molecule has 6 heteroatoms. The van der Waals surface area contributed by atoms with Crippen molar-refractivity contribution in [2.75, 3.05) is 6.61 Å². The molecule has 1 rings (SSSR count). The maximum Gasteiger partial charge on any atom is 0.326 e. The first-order chi connectivity index (χ1) is 9.34. The third kappa shape index (κ3) is 5.77. The molecule has 1 aliphatic heterocycles. The number of nitrogens with one attached hydrogen (secondary N) is 2. The molecule has 1 fully saturated rings. The number of carboxylic acids is 1.